The van der Waals surface area contributed by atoms with Gasteiger partial charge in [0.2, 0.25) is 6.79 Å². The summed E-state index contributed by atoms with van der Waals surface area (Å²) in [5.41, 5.74) is 8.02. The maximum absolute atomic E-state index is 12.9. The number of hydrogen-bond acceptors (Lipinski definition) is 6. The van der Waals surface area contributed by atoms with Gasteiger partial charge in [0, 0.05) is 28.9 Å². The quantitative estimate of drug-likeness (QED) is 0.330. The minimum atomic E-state index is -0.240. The Labute approximate surface area is 234 Å². The molecule has 4 N–H and O–H groups in total. The maximum Gasteiger partial charge on any atom is 0.287 e. The average molecular weight is 544 g/mol. The number of fused-ring (bicyclic) bond motifs is 1. The third-order valence-corrected chi connectivity index (χ3v) is 8.63. The molecule has 210 valence electrons. The molecule has 8 nitrogen and oxygen atoms in total. The largest absolute Gasteiger partial charge is 0.454 e. The summed E-state index contributed by atoms with van der Waals surface area (Å²) in [6, 6.07) is 16.6. The molecular weight excluding hydrogens is 506 g/mol. The first kappa shape index (κ1) is 26.4. The van der Waals surface area contributed by atoms with Gasteiger partial charge in [0.25, 0.3) is 11.8 Å². The van der Waals surface area contributed by atoms with E-state index in [0.717, 1.165) is 30.2 Å². The summed E-state index contributed by atoms with van der Waals surface area (Å²) in [4.78, 5) is 25.5. The minimum Gasteiger partial charge on any atom is -0.454 e. The van der Waals surface area contributed by atoms with Gasteiger partial charge in [-0.25, -0.2) is 0 Å². The van der Waals surface area contributed by atoms with Crippen LogP contribution in [0.2, 0.25) is 0 Å². The summed E-state index contributed by atoms with van der Waals surface area (Å²) in [6.45, 7) is 0.163. The van der Waals surface area contributed by atoms with Crippen molar-refractivity contribution in [1.29, 1.82) is 0 Å². The van der Waals surface area contributed by atoms with Crippen LogP contribution in [0, 0.1) is 11.8 Å². The lowest BCUT2D eigenvalue weighted by molar-refractivity contribution is 0.0890. The van der Waals surface area contributed by atoms with E-state index in [9.17, 15) is 9.59 Å². The highest BCUT2D eigenvalue weighted by atomic mass is 16.7. The number of rotatable bonds is 7. The molecule has 1 aromatic heterocycles. The third-order valence-electron chi connectivity index (χ3n) is 8.63. The number of furan rings is 1. The molecule has 0 spiro atoms. The average Bonchev–Trinajstić information content (AvgIpc) is 3.66. The van der Waals surface area contributed by atoms with Crippen LogP contribution in [0.15, 0.2) is 59.0 Å². The first-order valence-electron chi connectivity index (χ1n) is 14.5. The zero-order valence-electron chi connectivity index (χ0n) is 22.7. The van der Waals surface area contributed by atoms with E-state index in [0.29, 0.717) is 40.3 Å². The Hall–Kier alpha value is -3.78. The SMILES string of the molecule is NC1CCC(CC2CCC(NC(=O)c3ccc(-c4ccc(NC(=O)c5ccc6c(c5)OCO6)cc4)o3)CC2)CC1. The number of carbonyl (C=O) groups is 2. The molecular formula is C32H37N3O5. The standard InChI is InChI=1S/C32H37N3O5/c33-24-8-1-20(2-9-24)17-21-3-10-25(11-4-21)35-32(37)29-16-15-27(40-29)22-5-12-26(13-6-22)34-31(36)23-7-14-28-30(18-23)39-19-38-28/h5-7,12-16,18,20-21,24-25H,1-4,8-11,17,19,33H2,(H,34,36)(H,35,37). The topological polar surface area (TPSA) is 116 Å². The molecule has 0 unspecified atom stereocenters. The van der Waals surface area contributed by atoms with E-state index in [1.807, 2.05) is 30.3 Å². The van der Waals surface area contributed by atoms with Gasteiger partial charge in [0.1, 0.15) is 5.76 Å². The number of carbonyl (C=O) groups excluding carboxylic acids is 2. The Balaban J connectivity index is 0.982. The van der Waals surface area contributed by atoms with Gasteiger partial charge < -0.3 is 30.3 Å². The van der Waals surface area contributed by atoms with Gasteiger partial charge in [0.05, 0.1) is 0 Å². The van der Waals surface area contributed by atoms with Crippen molar-refractivity contribution in [3.05, 3.63) is 65.9 Å². The lowest BCUT2D eigenvalue weighted by Crippen LogP contribution is -2.38. The van der Waals surface area contributed by atoms with Crippen molar-refractivity contribution < 1.29 is 23.5 Å². The molecule has 0 radical (unpaired) electrons. The van der Waals surface area contributed by atoms with Gasteiger partial charge in [-0.05, 0) is 124 Å². The number of ether oxygens (including phenoxy) is 2. The summed E-state index contributed by atoms with van der Waals surface area (Å²) in [6.07, 6.45) is 10.6. The highest BCUT2D eigenvalue weighted by molar-refractivity contribution is 6.04. The molecule has 2 aliphatic carbocycles. The van der Waals surface area contributed by atoms with E-state index in [4.69, 9.17) is 19.6 Å². The maximum atomic E-state index is 12.9. The first-order valence-corrected chi connectivity index (χ1v) is 14.5. The highest BCUT2D eigenvalue weighted by Crippen LogP contribution is 2.36. The van der Waals surface area contributed by atoms with E-state index in [-0.39, 0.29) is 24.6 Å². The van der Waals surface area contributed by atoms with Gasteiger partial charge in [-0.15, -0.1) is 0 Å². The van der Waals surface area contributed by atoms with Crippen molar-refractivity contribution in [2.24, 2.45) is 17.6 Å². The van der Waals surface area contributed by atoms with Crippen molar-refractivity contribution in [2.45, 2.75) is 69.9 Å². The monoisotopic (exact) mass is 543 g/mol. The van der Waals surface area contributed by atoms with Crippen LogP contribution in [0.4, 0.5) is 5.69 Å². The molecule has 2 saturated carbocycles. The van der Waals surface area contributed by atoms with Crippen LogP contribution >= 0.6 is 0 Å². The lowest BCUT2D eigenvalue weighted by Gasteiger charge is -2.33. The van der Waals surface area contributed by atoms with Crippen molar-refractivity contribution in [1.82, 2.24) is 5.32 Å². The van der Waals surface area contributed by atoms with Gasteiger partial charge >= 0.3 is 0 Å². The Morgan fingerprint density at radius 1 is 0.775 bits per heavy atom. The Morgan fingerprint density at radius 2 is 1.48 bits per heavy atom. The molecule has 8 heteroatoms. The van der Waals surface area contributed by atoms with E-state index in [2.05, 4.69) is 10.6 Å². The molecule has 6 rings (SSSR count). The molecule has 3 aliphatic rings. The third kappa shape index (κ3) is 6.17. The fraction of sp³-hybridized carbons (Fsp3) is 0.438. The van der Waals surface area contributed by atoms with E-state index in [1.165, 1.54) is 44.9 Å². The van der Waals surface area contributed by atoms with Gasteiger partial charge in [-0.2, -0.15) is 0 Å². The van der Waals surface area contributed by atoms with E-state index in [1.54, 1.807) is 24.3 Å². The summed E-state index contributed by atoms with van der Waals surface area (Å²) in [5.74, 6) is 3.32. The first-order chi connectivity index (χ1) is 19.5. The molecule has 3 aromatic rings. The highest BCUT2D eigenvalue weighted by Gasteiger charge is 2.27. The Bertz CT molecular complexity index is 1330. The second kappa shape index (κ2) is 11.8. The van der Waals surface area contributed by atoms with Crippen molar-refractivity contribution in [3.8, 4) is 22.8 Å². The Morgan fingerprint density at radius 3 is 2.23 bits per heavy atom. The van der Waals surface area contributed by atoms with E-state index >= 15 is 0 Å². The van der Waals surface area contributed by atoms with Crippen molar-refractivity contribution >= 4 is 17.5 Å². The van der Waals surface area contributed by atoms with Crippen LogP contribution in [0.3, 0.4) is 0 Å². The molecule has 2 heterocycles. The van der Waals surface area contributed by atoms with Gasteiger partial charge in [-0.3, -0.25) is 9.59 Å². The fourth-order valence-electron chi connectivity index (χ4n) is 6.27. The number of hydrogen-bond donors (Lipinski definition) is 3. The number of nitrogens with one attached hydrogen (secondary N) is 2. The van der Waals surface area contributed by atoms with Crippen LogP contribution < -0.4 is 25.8 Å². The Kier molecular flexibility index (Phi) is 7.77. The lowest BCUT2D eigenvalue weighted by atomic mass is 9.76. The predicted octanol–water partition coefficient (Wildman–Crippen LogP) is 6.12. The smallest absolute Gasteiger partial charge is 0.287 e. The zero-order chi connectivity index (χ0) is 27.5. The van der Waals surface area contributed by atoms with Crippen LogP contribution in [0.25, 0.3) is 11.3 Å². The second-order valence-corrected chi connectivity index (χ2v) is 11.5. The molecule has 0 bridgehead atoms. The van der Waals surface area contributed by atoms with Crippen LogP contribution in [0.5, 0.6) is 11.5 Å². The van der Waals surface area contributed by atoms with Crippen LogP contribution in [0.1, 0.15) is 78.7 Å². The number of anilines is 1. The van der Waals surface area contributed by atoms with Gasteiger partial charge in [0.15, 0.2) is 17.3 Å². The van der Waals surface area contributed by atoms with Crippen LogP contribution in [-0.2, 0) is 0 Å². The van der Waals surface area contributed by atoms with E-state index < -0.39 is 0 Å². The van der Waals surface area contributed by atoms with Crippen molar-refractivity contribution in [2.75, 3.05) is 12.1 Å². The minimum absolute atomic E-state index is 0.163. The summed E-state index contributed by atoms with van der Waals surface area (Å²) in [7, 11) is 0. The van der Waals surface area contributed by atoms with Crippen LogP contribution in [-0.4, -0.2) is 30.7 Å². The summed E-state index contributed by atoms with van der Waals surface area (Å²) in [5, 5.41) is 6.07. The van der Waals surface area contributed by atoms with Gasteiger partial charge in [-0.1, -0.05) is 0 Å². The zero-order valence-corrected chi connectivity index (χ0v) is 22.7. The van der Waals surface area contributed by atoms with Crippen molar-refractivity contribution in [3.63, 3.8) is 0 Å². The number of amides is 2. The molecule has 40 heavy (non-hydrogen) atoms. The predicted molar refractivity (Wildman–Crippen MR) is 152 cm³/mol. The summed E-state index contributed by atoms with van der Waals surface area (Å²) < 4.78 is 16.6. The number of benzene rings is 2. The summed E-state index contributed by atoms with van der Waals surface area (Å²) >= 11 is 0. The molecule has 2 amide bonds. The molecule has 2 aromatic carbocycles. The normalized spacial score (nSPS) is 23.9. The number of nitrogens with two attached hydrogens (primary N) is 1. The fourth-order valence-corrected chi connectivity index (χ4v) is 6.27. The molecule has 0 saturated heterocycles. The molecule has 0 atom stereocenters. The second-order valence-electron chi connectivity index (χ2n) is 11.5. The molecule has 2 fully saturated rings. The molecule has 1 aliphatic heterocycles.